The van der Waals surface area contributed by atoms with Gasteiger partial charge in [0.1, 0.15) is 5.60 Å². The topological polar surface area (TPSA) is 72.5 Å². The Bertz CT molecular complexity index is 389. The first-order chi connectivity index (χ1) is 8.07. The second-order valence-electron chi connectivity index (χ2n) is 5.97. The van der Waals surface area contributed by atoms with Crippen molar-refractivity contribution < 1.29 is 17.9 Å². The summed E-state index contributed by atoms with van der Waals surface area (Å²) >= 11 is 0. The summed E-state index contributed by atoms with van der Waals surface area (Å²) < 4.78 is 30.1. The fraction of sp³-hybridized carbons (Fsp3) is 0.917. The van der Waals surface area contributed by atoms with Crippen LogP contribution in [0.5, 0.6) is 0 Å². The van der Waals surface area contributed by atoms with E-state index in [-0.39, 0.29) is 17.9 Å². The molecular formula is C12H23NO4S. The quantitative estimate of drug-likeness (QED) is 0.792. The smallest absolute Gasteiger partial charge is 0.309 e. The number of hydrogen-bond donors (Lipinski definition) is 1. The Hall–Kier alpha value is -0.620. The van der Waals surface area contributed by atoms with Crippen molar-refractivity contribution in [2.24, 2.45) is 5.92 Å². The van der Waals surface area contributed by atoms with Crippen molar-refractivity contribution in [1.82, 2.24) is 4.72 Å². The van der Waals surface area contributed by atoms with E-state index in [9.17, 15) is 13.2 Å². The molecule has 1 rings (SSSR count). The molecule has 0 aromatic carbocycles. The Morgan fingerprint density at radius 1 is 1.17 bits per heavy atom. The highest BCUT2D eigenvalue weighted by Gasteiger charge is 2.30. The van der Waals surface area contributed by atoms with Crippen LogP contribution in [0.15, 0.2) is 0 Å². The van der Waals surface area contributed by atoms with Crippen LogP contribution in [0.4, 0.5) is 0 Å². The summed E-state index contributed by atoms with van der Waals surface area (Å²) in [6, 6.07) is -0.0429. The first kappa shape index (κ1) is 15.4. The number of carbonyl (C=O) groups excluding carboxylic acids is 1. The predicted molar refractivity (Wildman–Crippen MR) is 69.6 cm³/mol. The molecule has 0 aromatic rings. The summed E-state index contributed by atoms with van der Waals surface area (Å²) in [6.45, 7) is 5.55. The van der Waals surface area contributed by atoms with Crippen molar-refractivity contribution in [3.63, 3.8) is 0 Å². The Morgan fingerprint density at radius 2 is 1.67 bits per heavy atom. The van der Waals surface area contributed by atoms with Crippen molar-refractivity contribution in [3.05, 3.63) is 0 Å². The minimum atomic E-state index is -3.16. The third-order valence-corrected chi connectivity index (χ3v) is 3.61. The molecule has 0 aliphatic heterocycles. The van der Waals surface area contributed by atoms with Gasteiger partial charge in [-0.1, -0.05) is 0 Å². The molecule has 18 heavy (non-hydrogen) atoms. The van der Waals surface area contributed by atoms with Crippen molar-refractivity contribution >= 4 is 16.0 Å². The van der Waals surface area contributed by atoms with Crippen LogP contribution in [0.25, 0.3) is 0 Å². The number of ether oxygens (including phenoxy) is 1. The van der Waals surface area contributed by atoms with E-state index < -0.39 is 15.6 Å². The standard InChI is InChI=1S/C12H23NO4S/c1-12(2,3)17-11(14)9-5-7-10(8-6-9)13-18(4,15)16/h9-10,13H,5-8H2,1-4H3. The first-order valence-electron chi connectivity index (χ1n) is 6.27. The van der Waals surface area contributed by atoms with Crippen LogP contribution in [0.1, 0.15) is 46.5 Å². The lowest BCUT2D eigenvalue weighted by molar-refractivity contribution is -0.161. The number of nitrogens with one attached hydrogen (secondary N) is 1. The van der Waals surface area contributed by atoms with Crippen molar-refractivity contribution in [3.8, 4) is 0 Å². The van der Waals surface area contributed by atoms with Gasteiger partial charge in [0.05, 0.1) is 12.2 Å². The van der Waals surface area contributed by atoms with Crippen molar-refractivity contribution in [1.29, 1.82) is 0 Å². The van der Waals surface area contributed by atoms with Gasteiger partial charge in [0.2, 0.25) is 10.0 Å². The van der Waals surface area contributed by atoms with E-state index in [1.165, 1.54) is 0 Å². The molecule has 0 saturated heterocycles. The summed E-state index contributed by atoms with van der Waals surface area (Å²) in [5, 5.41) is 0. The van der Waals surface area contributed by atoms with E-state index in [4.69, 9.17) is 4.74 Å². The van der Waals surface area contributed by atoms with Gasteiger partial charge in [0, 0.05) is 6.04 Å². The SMILES string of the molecule is CC(C)(C)OC(=O)C1CCC(NS(C)(=O)=O)CC1. The Kier molecular flexibility index (Phi) is 4.78. The molecule has 0 atom stereocenters. The number of hydrogen-bond acceptors (Lipinski definition) is 4. The van der Waals surface area contributed by atoms with Gasteiger partial charge in [0.15, 0.2) is 0 Å². The molecule has 1 N–H and O–H groups in total. The van der Waals surface area contributed by atoms with Crippen LogP contribution >= 0.6 is 0 Å². The molecule has 0 unspecified atom stereocenters. The van der Waals surface area contributed by atoms with E-state index in [2.05, 4.69) is 4.72 Å². The van der Waals surface area contributed by atoms with Crippen LogP contribution in [-0.2, 0) is 19.6 Å². The molecule has 5 nitrogen and oxygen atoms in total. The number of sulfonamides is 1. The van der Waals surface area contributed by atoms with Crippen molar-refractivity contribution in [2.75, 3.05) is 6.26 Å². The lowest BCUT2D eigenvalue weighted by Crippen LogP contribution is -2.39. The third kappa shape index (κ3) is 5.82. The van der Waals surface area contributed by atoms with Crippen LogP contribution in [0.3, 0.4) is 0 Å². The Labute approximate surface area is 109 Å². The zero-order chi connectivity index (χ0) is 14.0. The molecular weight excluding hydrogens is 254 g/mol. The maximum absolute atomic E-state index is 11.8. The molecule has 6 heteroatoms. The molecule has 1 fully saturated rings. The zero-order valence-electron chi connectivity index (χ0n) is 11.5. The second-order valence-corrected chi connectivity index (χ2v) is 7.75. The molecule has 106 valence electrons. The lowest BCUT2D eigenvalue weighted by Gasteiger charge is -2.29. The molecule has 0 amide bonds. The van der Waals surface area contributed by atoms with Crippen LogP contribution in [0.2, 0.25) is 0 Å². The van der Waals surface area contributed by atoms with Gasteiger partial charge >= 0.3 is 5.97 Å². The average molecular weight is 277 g/mol. The van der Waals surface area contributed by atoms with Gasteiger partial charge < -0.3 is 4.74 Å². The lowest BCUT2D eigenvalue weighted by atomic mass is 9.86. The monoisotopic (exact) mass is 277 g/mol. The molecule has 0 aromatic heterocycles. The van der Waals surface area contributed by atoms with Gasteiger partial charge in [0.25, 0.3) is 0 Å². The molecule has 1 aliphatic rings. The Balaban J connectivity index is 2.42. The largest absolute Gasteiger partial charge is 0.460 e. The molecule has 0 radical (unpaired) electrons. The van der Waals surface area contributed by atoms with E-state index >= 15 is 0 Å². The highest BCUT2D eigenvalue weighted by molar-refractivity contribution is 7.88. The fourth-order valence-corrected chi connectivity index (χ4v) is 2.98. The zero-order valence-corrected chi connectivity index (χ0v) is 12.3. The van der Waals surface area contributed by atoms with Gasteiger partial charge in [-0.05, 0) is 46.5 Å². The molecule has 0 bridgehead atoms. The van der Waals surface area contributed by atoms with Gasteiger partial charge in [-0.2, -0.15) is 0 Å². The van der Waals surface area contributed by atoms with E-state index in [1.54, 1.807) is 0 Å². The van der Waals surface area contributed by atoms with Crippen molar-refractivity contribution in [2.45, 2.75) is 58.1 Å². The molecule has 0 spiro atoms. The minimum absolute atomic E-state index is 0.0429. The Morgan fingerprint density at radius 3 is 2.06 bits per heavy atom. The maximum Gasteiger partial charge on any atom is 0.309 e. The summed E-state index contributed by atoms with van der Waals surface area (Å²) in [4.78, 5) is 11.8. The summed E-state index contributed by atoms with van der Waals surface area (Å²) in [5.41, 5.74) is -0.459. The number of rotatable bonds is 3. The predicted octanol–water partition coefficient (Wildman–Crippen LogP) is 1.44. The normalized spacial score (nSPS) is 25.8. The van der Waals surface area contributed by atoms with Gasteiger partial charge in [-0.15, -0.1) is 0 Å². The summed E-state index contributed by atoms with van der Waals surface area (Å²) in [6.07, 6.45) is 3.91. The highest BCUT2D eigenvalue weighted by Crippen LogP contribution is 2.27. The minimum Gasteiger partial charge on any atom is -0.460 e. The number of esters is 1. The first-order valence-corrected chi connectivity index (χ1v) is 8.16. The van der Waals surface area contributed by atoms with Crippen LogP contribution in [0, 0.1) is 5.92 Å². The fourth-order valence-electron chi connectivity index (χ4n) is 2.13. The van der Waals surface area contributed by atoms with E-state index in [1.807, 2.05) is 20.8 Å². The summed E-state index contributed by atoms with van der Waals surface area (Å²) in [7, 11) is -3.16. The summed E-state index contributed by atoms with van der Waals surface area (Å²) in [5.74, 6) is -0.262. The second kappa shape index (κ2) is 5.57. The van der Waals surface area contributed by atoms with Crippen LogP contribution < -0.4 is 4.72 Å². The average Bonchev–Trinajstić information content (AvgIpc) is 2.13. The highest BCUT2D eigenvalue weighted by atomic mass is 32.2. The third-order valence-electron chi connectivity index (χ3n) is 2.85. The van der Waals surface area contributed by atoms with E-state index in [0.717, 1.165) is 6.26 Å². The maximum atomic E-state index is 11.8. The molecule has 1 aliphatic carbocycles. The van der Waals surface area contributed by atoms with E-state index in [0.29, 0.717) is 25.7 Å². The van der Waals surface area contributed by atoms with Crippen LogP contribution in [-0.4, -0.2) is 32.3 Å². The number of carbonyl (C=O) groups is 1. The molecule has 1 saturated carbocycles. The molecule has 0 heterocycles. The van der Waals surface area contributed by atoms with Gasteiger partial charge in [-0.3, -0.25) is 4.79 Å². The van der Waals surface area contributed by atoms with Gasteiger partial charge in [-0.25, -0.2) is 13.1 Å².